The van der Waals surface area contributed by atoms with E-state index in [2.05, 4.69) is 46.5 Å². The molecule has 1 aliphatic rings. The minimum Gasteiger partial charge on any atom is -0.315 e. The van der Waals surface area contributed by atoms with Gasteiger partial charge in [0.25, 0.3) is 0 Å². The van der Waals surface area contributed by atoms with Gasteiger partial charge in [-0.2, -0.15) is 0 Å². The van der Waals surface area contributed by atoms with Gasteiger partial charge in [-0.05, 0) is 41.5 Å². The summed E-state index contributed by atoms with van der Waals surface area (Å²) >= 11 is 0. The van der Waals surface area contributed by atoms with E-state index in [0.29, 0.717) is 6.54 Å². The molecule has 5 heteroatoms. The van der Waals surface area contributed by atoms with Crippen LogP contribution in [0.4, 0.5) is 10.6 Å². The van der Waals surface area contributed by atoms with Gasteiger partial charge in [0.05, 0.1) is 6.54 Å². The van der Waals surface area contributed by atoms with Crippen molar-refractivity contribution >= 4 is 11.8 Å². The molecule has 0 aromatic carbocycles. The number of hydrogen-bond donors (Lipinski definition) is 0. The van der Waals surface area contributed by atoms with Gasteiger partial charge in [-0.15, -0.1) is 0 Å². The lowest BCUT2D eigenvalue weighted by molar-refractivity contribution is 0.136. The summed E-state index contributed by atoms with van der Waals surface area (Å²) in [5.74, 6) is 1.52. The van der Waals surface area contributed by atoms with Crippen LogP contribution in [0.3, 0.4) is 0 Å². The van der Waals surface area contributed by atoms with E-state index in [1.807, 2.05) is 36.8 Å². The largest absolute Gasteiger partial charge is 0.326 e. The molecule has 1 aromatic rings. The number of urea groups is 1. The first-order valence-corrected chi connectivity index (χ1v) is 8.21. The summed E-state index contributed by atoms with van der Waals surface area (Å²) in [7, 11) is 0. The van der Waals surface area contributed by atoms with Crippen LogP contribution in [-0.2, 0) is 12.0 Å². The maximum absolute atomic E-state index is 13.1. The molecule has 128 valence electrons. The Kier molecular flexibility index (Phi) is 3.99. The standard InChI is InChI=1S/C18H30N4O/c1-16(2,3)14-19-10-12-11-21(17(4,5)6)15(23)22(13(12)20-14)18(7,8)9/h10H,11H2,1-9H3. The number of hydrogen-bond acceptors (Lipinski definition) is 3. The molecule has 0 spiro atoms. The van der Waals surface area contributed by atoms with Crippen molar-refractivity contribution in [3.05, 3.63) is 17.6 Å². The fourth-order valence-corrected chi connectivity index (χ4v) is 2.64. The van der Waals surface area contributed by atoms with Crippen LogP contribution >= 0.6 is 0 Å². The first-order valence-electron chi connectivity index (χ1n) is 8.21. The highest BCUT2D eigenvalue weighted by Gasteiger charge is 2.42. The number of anilines is 1. The number of nitrogens with zero attached hydrogens (tertiary/aromatic N) is 4. The van der Waals surface area contributed by atoms with Crippen molar-refractivity contribution in [1.82, 2.24) is 14.9 Å². The Morgan fingerprint density at radius 2 is 1.52 bits per heavy atom. The fourth-order valence-electron chi connectivity index (χ4n) is 2.64. The zero-order valence-corrected chi connectivity index (χ0v) is 16.0. The molecule has 0 fully saturated rings. The Morgan fingerprint density at radius 3 is 1.96 bits per heavy atom. The van der Waals surface area contributed by atoms with E-state index in [-0.39, 0.29) is 22.5 Å². The highest BCUT2D eigenvalue weighted by molar-refractivity contribution is 5.95. The van der Waals surface area contributed by atoms with Crippen molar-refractivity contribution in [3.8, 4) is 0 Å². The van der Waals surface area contributed by atoms with E-state index in [4.69, 9.17) is 4.98 Å². The van der Waals surface area contributed by atoms with Gasteiger partial charge in [-0.3, -0.25) is 4.90 Å². The maximum Gasteiger partial charge on any atom is 0.326 e. The molecule has 23 heavy (non-hydrogen) atoms. The van der Waals surface area contributed by atoms with Crippen LogP contribution in [0.1, 0.15) is 73.7 Å². The highest BCUT2D eigenvalue weighted by Crippen LogP contribution is 2.36. The third-order valence-corrected chi connectivity index (χ3v) is 3.96. The Labute approximate surface area is 140 Å². The smallest absolute Gasteiger partial charge is 0.315 e. The van der Waals surface area contributed by atoms with Gasteiger partial charge in [0.1, 0.15) is 11.6 Å². The fraction of sp³-hybridized carbons (Fsp3) is 0.722. The normalized spacial score (nSPS) is 16.7. The monoisotopic (exact) mass is 318 g/mol. The van der Waals surface area contributed by atoms with Crippen molar-refractivity contribution in [2.45, 2.75) is 85.4 Å². The molecule has 1 aliphatic heterocycles. The Bertz CT molecular complexity index is 617. The topological polar surface area (TPSA) is 49.3 Å². The summed E-state index contributed by atoms with van der Waals surface area (Å²) in [6.07, 6.45) is 1.88. The van der Waals surface area contributed by atoms with Gasteiger partial charge in [-0.1, -0.05) is 20.8 Å². The molecule has 0 radical (unpaired) electrons. The number of fused-ring (bicyclic) bond motifs is 1. The molecule has 2 rings (SSSR count). The molecular weight excluding hydrogens is 288 g/mol. The lowest BCUT2D eigenvalue weighted by Crippen LogP contribution is -2.60. The van der Waals surface area contributed by atoms with Gasteiger partial charge >= 0.3 is 6.03 Å². The number of aromatic nitrogens is 2. The number of carbonyl (C=O) groups excluding carboxylic acids is 1. The first-order chi connectivity index (χ1) is 10.2. The molecule has 0 atom stereocenters. The lowest BCUT2D eigenvalue weighted by atomic mass is 9.95. The predicted molar refractivity (Wildman–Crippen MR) is 93.7 cm³/mol. The first kappa shape index (κ1) is 17.7. The van der Waals surface area contributed by atoms with Gasteiger partial charge in [0.15, 0.2) is 0 Å². The summed E-state index contributed by atoms with van der Waals surface area (Å²) in [6.45, 7) is 19.1. The minimum absolute atomic E-state index is 0.0102. The number of carbonyl (C=O) groups is 1. The van der Waals surface area contributed by atoms with Crippen LogP contribution in [0.2, 0.25) is 0 Å². The van der Waals surface area contributed by atoms with E-state index < -0.39 is 0 Å². The summed E-state index contributed by atoms with van der Waals surface area (Å²) in [4.78, 5) is 26.1. The van der Waals surface area contributed by atoms with Crippen molar-refractivity contribution in [2.75, 3.05) is 4.90 Å². The molecule has 0 saturated carbocycles. The lowest BCUT2D eigenvalue weighted by Gasteiger charge is -2.47. The average molecular weight is 318 g/mol. The summed E-state index contributed by atoms with van der Waals surface area (Å²) < 4.78 is 0. The summed E-state index contributed by atoms with van der Waals surface area (Å²) in [6, 6.07) is 0.0102. The molecule has 0 unspecified atom stereocenters. The summed E-state index contributed by atoms with van der Waals surface area (Å²) in [5.41, 5.74) is 0.255. The van der Waals surface area contributed by atoms with Gasteiger partial charge in [0, 0.05) is 28.3 Å². The Balaban J connectivity index is 2.64. The van der Waals surface area contributed by atoms with Crippen molar-refractivity contribution in [2.24, 2.45) is 0 Å². The highest BCUT2D eigenvalue weighted by atomic mass is 16.2. The second-order valence-corrected chi connectivity index (χ2v) is 9.34. The van der Waals surface area contributed by atoms with E-state index in [0.717, 1.165) is 17.2 Å². The van der Waals surface area contributed by atoms with Crippen LogP contribution in [0.5, 0.6) is 0 Å². The molecule has 0 N–H and O–H groups in total. The van der Waals surface area contributed by atoms with Crippen LogP contribution in [0, 0.1) is 0 Å². The predicted octanol–water partition coefficient (Wildman–Crippen LogP) is 4.11. The Hall–Kier alpha value is -1.65. The average Bonchev–Trinajstić information content (AvgIpc) is 2.33. The van der Waals surface area contributed by atoms with Gasteiger partial charge in [-0.25, -0.2) is 14.8 Å². The van der Waals surface area contributed by atoms with Gasteiger partial charge in [0.2, 0.25) is 0 Å². The number of rotatable bonds is 0. The van der Waals surface area contributed by atoms with Crippen LogP contribution in [0.15, 0.2) is 6.20 Å². The van der Waals surface area contributed by atoms with E-state index in [1.165, 1.54) is 0 Å². The molecule has 5 nitrogen and oxygen atoms in total. The quantitative estimate of drug-likeness (QED) is 0.723. The van der Waals surface area contributed by atoms with Gasteiger partial charge < -0.3 is 4.90 Å². The third kappa shape index (κ3) is 3.33. The molecule has 0 saturated heterocycles. The number of amides is 2. The molecule has 2 heterocycles. The van der Waals surface area contributed by atoms with Crippen molar-refractivity contribution in [1.29, 1.82) is 0 Å². The second kappa shape index (κ2) is 5.18. The molecular formula is C18H30N4O. The summed E-state index contributed by atoms with van der Waals surface area (Å²) in [5, 5.41) is 0. The Morgan fingerprint density at radius 1 is 0.957 bits per heavy atom. The second-order valence-electron chi connectivity index (χ2n) is 9.34. The minimum atomic E-state index is -0.348. The van der Waals surface area contributed by atoms with E-state index >= 15 is 0 Å². The van der Waals surface area contributed by atoms with Crippen LogP contribution < -0.4 is 4.90 Å². The SMILES string of the molecule is CC(C)(C)c1ncc2c(n1)N(C(C)(C)C)C(=O)N(C(C)(C)C)C2. The molecule has 0 bridgehead atoms. The van der Waals surface area contributed by atoms with Crippen LogP contribution in [-0.4, -0.2) is 32.0 Å². The van der Waals surface area contributed by atoms with Crippen molar-refractivity contribution in [3.63, 3.8) is 0 Å². The van der Waals surface area contributed by atoms with E-state index in [9.17, 15) is 4.79 Å². The zero-order valence-electron chi connectivity index (χ0n) is 16.0. The van der Waals surface area contributed by atoms with E-state index in [1.54, 1.807) is 0 Å². The molecule has 2 amide bonds. The molecule has 1 aromatic heterocycles. The van der Waals surface area contributed by atoms with Crippen molar-refractivity contribution < 1.29 is 4.79 Å². The third-order valence-electron chi connectivity index (χ3n) is 3.96. The maximum atomic E-state index is 13.1. The zero-order chi connectivity index (χ0) is 17.8. The van der Waals surface area contributed by atoms with Crippen LogP contribution in [0.25, 0.3) is 0 Å². The molecule has 0 aliphatic carbocycles.